The molecule has 0 aliphatic carbocycles. The zero-order valence-electron chi connectivity index (χ0n) is 21.4. The number of anilines is 1. The van der Waals surface area contributed by atoms with Crippen molar-refractivity contribution in [2.45, 2.75) is 33.1 Å². The van der Waals surface area contributed by atoms with Gasteiger partial charge in [0.25, 0.3) is 0 Å². The van der Waals surface area contributed by atoms with Crippen LogP contribution in [0.1, 0.15) is 42.8 Å². The molecule has 9 nitrogen and oxygen atoms in total. The van der Waals surface area contributed by atoms with E-state index < -0.39 is 0 Å². The molecule has 39 heavy (non-hydrogen) atoms. The molecule has 0 saturated carbocycles. The summed E-state index contributed by atoms with van der Waals surface area (Å²) in [7, 11) is 0. The van der Waals surface area contributed by atoms with Crippen molar-refractivity contribution in [2.75, 3.05) is 5.32 Å². The van der Waals surface area contributed by atoms with Gasteiger partial charge in [0.05, 0.1) is 27.8 Å². The third-order valence-corrected chi connectivity index (χ3v) is 7.73. The van der Waals surface area contributed by atoms with Crippen LogP contribution in [0.3, 0.4) is 0 Å². The lowest BCUT2D eigenvalue weighted by Gasteiger charge is -2.07. The molecule has 0 saturated heterocycles. The van der Waals surface area contributed by atoms with Crippen LogP contribution in [0.4, 0.5) is 5.69 Å². The van der Waals surface area contributed by atoms with Crippen LogP contribution in [0, 0.1) is 0 Å². The van der Waals surface area contributed by atoms with Gasteiger partial charge in [-0.15, -0.1) is 11.3 Å². The van der Waals surface area contributed by atoms with Crippen molar-refractivity contribution >= 4 is 50.8 Å². The van der Waals surface area contributed by atoms with Crippen molar-refractivity contribution in [2.24, 2.45) is 0 Å². The number of hydrogen-bond donors (Lipinski definition) is 3. The van der Waals surface area contributed by atoms with Crippen molar-refractivity contribution < 1.29 is 9.59 Å². The maximum atomic E-state index is 12.2. The van der Waals surface area contributed by atoms with Gasteiger partial charge in [0, 0.05) is 40.2 Å². The van der Waals surface area contributed by atoms with Gasteiger partial charge in [-0.1, -0.05) is 19.4 Å². The molecule has 5 aromatic heterocycles. The number of unbranched alkanes of at least 4 members (excludes halogenated alkanes) is 1. The fourth-order valence-electron chi connectivity index (χ4n) is 4.50. The van der Waals surface area contributed by atoms with E-state index in [-0.39, 0.29) is 11.7 Å². The van der Waals surface area contributed by atoms with Crippen molar-refractivity contribution in [1.82, 2.24) is 30.1 Å². The standard InChI is InChI=1S/C29H25N7O2S/c1-3-4-5-25(38)32-19-12-18(14-30-15-19)17-6-7-22-21(13-17)27(36-35-22)29-33-26-20(10-11-31-28(26)34-29)24-9-8-23(39-24)16(2)37/h6-15H,3-5H2,1-2H3,(H,32,38)(H,35,36)(H,31,33,34). The summed E-state index contributed by atoms with van der Waals surface area (Å²) in [4.78, 5) is 42.6. The number of rotatable bonds is 8. The van der Waals surface area contributed by atoms with Crippen molar-refractivity contribution in [3.05, 3.63) is 65.9 Å². The van der Waals surface area contributed by atoms with Gasteiger partial charge >= 0.3 is 0 Å². The number of nitrogens with zero attached hydrogens (tertiary/aromatic N) is 4. The highest BCUT2D eigenvalue weighted by Gasteiger charge is 2.17. The molecule has 5 heterocycles. The number of nitrogens with one attached hydrogen (secondary N) is 3. The second-order valence-corrected chi connectivity index (χ2v) is 10.4. The summed E-state index contributed by atoms with van der Waals surface area (Å²) in [5.41, 5.74) is 6.31. The predicted molar refractivity (Wildman–Crippen MR) is 154 cm³/mol. The van der Waals surface area contributed by atoms with Crippen molar-refractivity contribution in [3.63, 3.8) is 0 Å². The molecule has 194 valence electrons. The maximum absolute atomic E-state index is 12.2. The van der Waals surface area contributed by atoms with Crippen LogP contribution < -0.4 is 5.32 Å². The highest BCUT2D eigenvalue weighted by molar-refractivity contribution is 7.17. The summed E-state index contributed by atoms with van der Waals surface area (Å²) >= 11 is 1.45. The van der Waals surface area contributed by atoms with E-state index in [9.17, 15) is 9.59 Å². The van der Waals surface area contributed by atoms with Gasteiger partial charge in [-0.3, -0.25) is 19.7 Å². The Morgan fingerprint density at radius 2 is 1.95 bits per heavy atom. The quantitative estimate of drug-likeness (QED) is 0.188. The highest BCUT2D eigenvalue weighted by Crippen LogP contribution is 2.35. The largest absolute Gasteiger partial charge is 0.335 e. The van der Waals surface area contributed by atoms with Crippen LogP contribution >= 0.6 is 11.3 Å². The van der Waals surface area contributed by atoms with Crippen molar-refractivity contribution in [1.29, 1.82) is 0 Å². The molecular formula is C29H25N7O2S. The fraction of sp³-hybridized carbons (Fsp3) is 0.172. The minimum absolute atomic E-state index is 0.0127. The summed E-state index contributed by atoms with van der Waals surface area (Å²) < 4.78 is 0. The second-order valence-electron chi connectivity index (χ2n) is 9.31. The Labute approximate surface area is 227 Å². The number of aromatic nitrogens is 6. The first-order valence-electron chi connectivity index (χ1n) is 12.7. The SMILES string of the molecule is CCCCC(=O)Nc1cncc(-c2ccc3[nH]nc(-c4nc5nccc(-c6ccc(C(C)=O)s6)c5[nH]4)c3c2)c1. The van der Waals surface area contributed by atoms with Crippen LogP contribution in [0.5, 0.6) is 0 Å². The molecule has 0 aliphatic heterocycles. The lowest BCUT2D eigenvalue weighted by molar-refractivity contribution is -0.116. The number of thiophene rings is 1. The van der Waals surface area contributed by atoms with E-state index >= 15 is 0 Å². The van der Waals surface area contributed by atoms with E-state index in [1.54, 1.807) is 25.5 Å². The zero-order chi connectivity index (χ0) is 26.9. The number of amides is 1. The number of H-pyrrole nitrogens is 2. The Balaban J connectivity index is 1.36. The first-order chi connectivity index (χ1) is 19.0. The number of carbonyl (C=O) groups excluding carboxylic acids is 2. The van der Waals surface area contributed by atoms with E-state index in [2.05, 4.69) is 37.4 Å². The van der Waals surface area contributed by atoms with E-state index in [4.69, 9.17) is 4.98 Å². The number of aromatic amines is 2. The third-order valence-electron chi connectivity index (χ3n) is 6.51. The summed E-state index contributed by atoms with van der Waals surface area (Å²) in [5.74, 6) is 0.619. The lowest BCUT2D eigenvalue weighted by Crippen LogP contribution is -2.11. The van der Waals surface area contributed by atoms with Gasteiger partial charge in [-0.05, 0) is 55.3 Å². The molecule has 6 rings (SSSR count). The van der Waals surface area contributed by atoms with Crippen LogP contribution in [-0.2, 0) is 4.79 Å². The molecule has 0 atom stereocenters. The average Bonchev–Trinajstić information content (AvgIpc) is 3.69. The third kappa shape index (κ3) is 4.82. The van der Waals surface area contributed by atoms with Gasteiger partial charge in [-0.2, -0.15) is 5.10 Å². The van der Waals surface area contributed by atoms with Crippen LogP contribution in [0.25, 0.3) is 55.2 Å². The monoisotopic (exact) mass is 535 g/mol. The van der Waals surface area contributed by atoms with Gasteiger partial charge in [0.2, 0.25) is 5.91 Å². The summed E-state index contributed by atoms with van der Waals surface area (Å²) in [6.45, 7) is 3.63. The first kappa shape index (κ1) is 24.6. The normalized spacial score (nSPS) is 11.3. The van der Waals surface area contributed by atoms with Crippen LogP contribution in [0.15, 0.2) is 61.1 Å². The molecule has 1 amide bonds. The number of fused-ring (bicyclic) bond motifs is 2. The average molecular weight is 536 g/mol. The van der Waals surface area contributed by atoms with Gasteiger partial charge in [0.15, 0.2) is 17.3 Å². The Morgan fingerprint density at radius 1 is 1.05 bits per heavy atom. The van der Waals surface area contributed by atoms with E-state index in [1.807, 2.05) is 42.5 Å². The maximum Gasteiger partial charge on any atom is 0.224 e. The molecule has 1 aromatic carbocycles. The second kappa shape index (κ2) is 10.2. The van der Waals surface area contributed by atoms with Crippen molar-refractivity contribution in [3.8, 4) is 33.1 Å². The summed E-state index contributed by atoms with van der Waals surface area (Å²) in [6, 6.07) is 13.6. The topological polar surface area (TPSA) is 129 Å². The molecule has 0 bridgehead atoms. The number of hydrogen-bond acceptors (Lipinski definition) is 7. The fourth-order valence-corrected chi connectivity index (χ4v) is 5.43. The van der Waals surface area contributed by atoms with E-state index in [0.717, 1.165) is 50.8 Å². The molecule has 0 aliphatic rings. The number of pyridine rings is 2. The minimum atomic E-state index is -0.0127. The molecule has 0 unspecified atom stereocenters. The molecule has 0 spiro atoms. The van der Waals surface area contributed by atoms with E-state index in [1.165, 1.54) is 11.3 Å². The van der Waals surface area contributed by atoms with Gasteiger partial charge in [0.1, 0.15) is 5.69 Å². The minimum Gasteiger partial charge on any atom is -0.335 e. The smallest absolute Gasteiger partial charge is 0.224 e. The number of benzene rings is 1. The molecule has 0 fully saturated rings. The first-order valence-corrected chi connectivity index (χ1v) is 13.5. The Bertz CT molecular complexity index is 1850. The van der Waals surface area contributed by atoms with Gasteiger partial charge < -0.3 is 10.3 Å². The Kier molecular flexibility index (Phi) is 6.45. The molecule has 6 aromatic rings. The van der Waals surface area contributed by atoms with Crippen LogP contribution in [-0.4, -0.2) is 41.8 Å². The highest BCUT2D eigenvalue weighted by atomic mass is 32.1. The van der Waals surface area contributed by atoms with Crippen LogP contribution in [0.2, 0.25) is 0 Å². The lowest BCUT2D eigenvalue weighted by atomic mass is 10.0. The zero-order valence-corrected chi connectivity index (χ0v) is 22.2. The molecule has 3 N–H and O–H groups in total. The summed E-state index contributed by atoms with van der Waals surface area (Å²) in [6.07, 6.45) is 7.46. The van der Waals surface area contributed by atoms with E-state index in [0.29, 0.717) is 34.2 Å². The molecule has 0 radical (unpaired) electrons. The summed E-state index contributed by atoms with van der Waals surface area (Å²) in [5, 5.41) is 11.5. The molecule has 10 heteroatoms. The molecular weight excluding hydrogens is 510 g/mol. The Morgan fingerprint density at radius 3 is 2.77 bits per heavy atom. The number of carbonyl (C=O) groups is 2. The number of imidazole rings is 1. The Hall–Kier alpha value is -4.70. The number of ketones is 1. The van der Waals surface area contributed by atoms with Gasteiger partial charge in [-0.25, -0.2) is 9.97 Å². The number of Topliss-reactive ketones (excluding diaryl/α,β-unsaturated/α-hetero) is 1. The predicted octanol–water partition coefficient (Wildman–Crippen LogP) is 6.62.